The number of benzene rings is 1. The summed E-state index contributed by atoms with van der Waals surface area (Å²) in [6.07, 6.45) is 8.22. The summed E-state index contributed by atoms with van der Waals surface area (Å²) in [6, 6.07) is 7.95. The molecule has 0 aromatic heterocycles. The Morgan fingerprint density at radius 1 is 1.18 bits per heavy atom. The Balaban J connectivity index is 1.93. The van der Waals surface area contributed by atoms with Gasteiger partial charge < -0.3 is 0 Å². The van der Waals surface area contributed by atoms with Gasteiger partial charge in [0.25, 0.3) is 0 Å². The summed E-state index contributed by atoms with van der Waals surface area (Å²) in [5.74, 6) is 0.324. The third-order valence-electron chi connectivity index (χ3n) is 3.15. The summed E-state index contributed by atoms with van der Waals surface area (Å²) >= 11 is 3.48. The van der Waals surface area contributed by atoms with Crippen molar-refractivity contribution in [2.24, 2.45) is 0 Å². The van der Waals surface area contributed by atoms with Gasteiger partial charge in [-0.3, -0.25) is 4.79 Å². The highest BCUT2D eigenvalue weighted by Crippen LogP contribution is 2.22. The predicted molar refractivity (Wildman–Crippen MR) is 74.0 cm³/mol. The van der Waals surface area contributed by atoms with E-state index in [0.29, 0.717) is 18.6 Å². The van der Waals surface area contributed by atoms with E-state index in [4.69, 9.17) is 0 Å². The van der Waals surface area contributed by atoms with E-state index in [1.165, 1.54) is 18.4 Å². The van der Waals surface area contributed by atoms with Crippen LogP contribution in [0.25, 0.3) is 0 Å². The summed E-state index contributed by atoms with van der Waals surface area (Å²) in [6.45, 7) is 0. The molecule has 0 N–H and O–H groups in total. The van der Waals surface area contributed by atoms with Crippen LogP contribution in [0.15, 0.2) is 40.4 Å². The van der Waals surface area contributed by atoms with Crippen LogP contribution in [0.2, 0.25) is 0 Å². The molecule has 1 aliphatic rings. The van der Waals surface area contributed by atoms with Crippen molar-refractivity contribution in [1.29, 1.82) is 0 Å². The number of allylic oxidation sites excluding steroid dienone is 2. The van der Waals surface area contributed by atoms with E-state index in [9.17, 15) is 4.79 Å². The molecule has 0 saturated heterocycles. The fourth-order valence-corrected chi connectivity index (χ4v) is 2.66. The van der Waals surface area contributed by atoms with Gasteiger partial charge in [-0.2, -0.15) is 0 Å². The number of carbonyl (C=O) groups excluding carboxylic acids is 1. The van der Waals surface area contributed by atoms with E-state index in [-0.39, 0.29) is 0 Å². The smallest absolute Gasteiger partial charge is 0.141 e. The second-order valence-corrected chi connectivity index (χ2v) is 5.45. The van der Waals surface area contributed by atoms with Gasteiger partial charge in [0.2, 0.25) is 0 Å². The Bertz CT molecular complexity index is 434. The van der Waals surface area contributed by atoms with Crippen LogP contribution in [-0.4, -0.2) is 5.78 Å². The van der Waals surface area contributed by atoms with E-state index >= 15 is 0 Å². The zero-order valence-corrected chi connectivity index (χ0v) is 11.5. The standard InChI is InChI=1S/C15H17BrO/c16-15-9-5-4-8-13(15)11-14(17)10-12-6-2-1-3-7-12/h4-6,8-9H,1-3,7,10-11H2. The van der Waals surface area contributed by atoms with Crippen LogP contribution in [0.3, 0.4) is 0 Å². The Morgan fingerprint density at radius 2 is 2.00 bits per heavy atom. The predicted octanol–water partition coefficient (Wildman–Crippen LogP) is 4.45. The van der Waals surface area contributed by atoms with Crippen molar-refractivity contribution < 1.29 is 4.79 Å². The molecule has 1 nitrogen and oxygen atoms in total. The van der Waals surface area contributed by atoms with Crippen LogP contribution in [-0.2, 0) is 11.2 Å². The zero-order valence-electron chi connectivity index (χ0n) is 9.92. The molecule has 0 unspecified atom stereocenters. The molecule has 0 radical (unpaired) electrons. The summed E-state index contributed by atoms with van der Waals surface area (Å²) in [4.78, 5) is 12.0. The lowest BCUT2D eigenvalue weighted by molar-refractivity contribution is -0.117. The lowest BCUT2D eigenvalue weighted by atomic mass is 9.94. The molecular formula is C15H17BrO. The molecule has 0 fully saturated rings. The normalized spacial score (nSPS) is 15.5. The van der Waals surface area contributed by atoms with Crippen molar-refractivity contribution in [2.45, 2.75) is 38.5 Å². The molecule has 0 atom stereocenters. The number of rotatable bonds is 4. The van der Waals surface area contributed by atoms with Crippen molar-refractivity contribution in [3.05, 3.63) is 46.0 Å². The fourth-order valence-electron chi connectivity index (χ4n) is 2.24. The first kappa shape index (κ1) is 12.6. The highest BCUT2D eigenvalue weighted by atomic mass is 79.9. The van der Waals surface area contributed by atoms with Gasteiger partial charge in [-0.1, -0.05) is 45.8 Å². The van der Waals surface area contributed by atoms with Gasteiger partial charge in [0, 0.05) is 17.3 Å². The summed E-state index contributed by atoms with van der Waals surface area (Å²) < 4.78 is 1.03. The second-order valence-electron chi connectivity index (χ2n) is 4.59. The largest absolute Gasteiger partial charge is 0.299 e. The summed E-state index contributed by atoms with van der Waals surface area (Å²) in [5.41, 5.74) is 2.43. The van der Waals surface area contributed by atoms with Crippen LogP contribution in [0.4, 0.5) is 0 Å². The van der Waals surface area contributed by atoms with Gasteiger partial charge >= 0.3 is 0 Å². The molecule has 2 heteroatoms. The molecule has 90 valence electrons. The van der Waals surface area contributed by atoms with Gasteiger partial charge in [0.15, 0.2) is 0 Å². The first-order valence-electron chi connectivity index (χ1n) is 6.19. The lowest BCUT2D eigenvalue weighted by Gasteiger charge is -2.12. The van der Waals surface area contributed by atoms with Crippen molar-refractivity contribution in [2.75, 3.05) is 0 Å². The maximum Gasteiger partial charge on any atom is 0.141 e. The number of hydrogen-bond donors (Lipinski definition) is 0. The molecule has 1 aromatic carbocycles. The maximum absolute atomic E-state index is 12.0. The average molecular weight is 293 g/mol. The molecule has 0 aliphatic heterocycles. The first-order chi connectivity index (χ1) is 8.25. The quantitative estimate of drug-likeness (QED) is 0.749. The Labute approximate surface area is 111 Å². The van der Waals surface area contributed by atoms with Crippen molar-refractivity contribution >= 4 is 21.7 Å². The highest BCUT2D eigenvalue weighted by molar-refractivity contribution is 9.10. The van der Waals surface area contributed by atoms with E-state index < -0.39 is 0 Å². The Hall–Kier alpha value is -0.890. The van der Waals surface area contributed by atoms with Crippen molar-refractivity contribution in [1.82, 2.24) is 0 Å². The van der Waals surface area contributed by atoms with Gasteiger partial charge in [-0.05, 0) is 37.3 Å². The van der Waals surface area contributed by atoms with E-state index in [2.05, 4.69) is 22.0 Å². The molecule has 2 rings (SSSR count). The van der Waals surface area contributed by atoms with Crippen molar-refractivity contribution in [3.8, 4) is 0 Å². The van der Waals surface area contributed by atoms with Gasteiger partial charge in [-0.25, -0.2) is 0 Å². The lowest BCUT2D eigenvalue weighted by Crippen LogP contribution is -2.06. The number of ketones is 1. The molecule has 0 spiro atoms. The van der Waals surface area contributed by atoms with Gasteiger partial charge in [-0.15, -0.1) is 0 Å². The topological polar surface area (TPSA) is 17.1 Å². The highest BCUT2D eigenvalue weighted by Gasteiger charge is 2.10. The molecule has 0 bridgehead atoms. The zero-order chi connectivity index (χ0) is 12.1. The first-order valence-corrected chi connectivity index (χ1v) is 6.98. The number of Topliss-reactive ketones (excluding diaryl/α,β-unsaturated/α-hetero) is 1. The van der Waals surface area contributed by atoms with E-state index in [0.717, 1.165) is 22.9 Å². The summed E-state index contributed by atoms with van der Waals surface area (Å²) in [7, 11) is 0. The number of halogens is 1. The van der Waals surface area contributed by atoms with Crippen LogP contribution >= 0.6 is 15.9 Å². The third kappa shape index (κ3) is 3.81. The maximum atomic E-state index is 12.0. The van der Waals surface area contributed by atoms with Crippen LogP contribution in [0.5, 0.6) is 0 Å². The van der Waals surface area contributed by atoms with Gasteiger partial charge in [0.1, 0.15) is 5.78 Å². The minimum absolute atomic E-state index is 0.324. The second kappa shape index (κ2) is 6.15. The fraction of sp³-hybridized carbons (Fsp3) is 0.400. The average Bonchev–Trinajstić information content (AvgIpc) is 2.33. The summed E-state index contributed by atoms with van der Waals surface area (Å²) in [5, 5.41) is 0. The molecule has 0 heterocycles. The number of hydrogen-bond acceptors (Lipinski definition) is 1. The molecule has 0 saturated carbocycles. The SMILES string of the molecule is O=C(CC1=CCCCC1)Cc1ccccc1Br. The van der Waals surface area contributed by atoms with E-state index in [1.807, 2.05) is 24.3 Å². The monoisotopic (exact) mass is 292 g/mol. The molecule has 1 aromatic rings. The van der Waals surface area contributed by atoms with Crippen LogP contribution in [0.1, 0.15) is 37.7 Å². The third-order valence-corrected chi connectivity index (χ3v) is 3.93. The molecular weight excluding hydrogens is 276 g/mol. The van der Waals surface area contributed by atoms with Crippen molar-refractivity contribution in [3.63, 3.8) is 0 Å². The van der Waals surface area contributed by atoms with Crippen LogP contribution in [0, 0.1) is 0 Å². The Morgan fingerprint density at radius 3 is 2.71 bits per heavy atom. The number of carbonyl (C=O) groups is 1. The minimum atomic E-state index is 0.324. The van der Waals surface area contributed by atoms with Crippen LogP contribution < -0.4 is 0 Å². The van der Waals surface area contributed by atoms with E-state index in [1.54, 1.807) is 0 Å². The Kier molecular flexibility index (Phi) is 4.55. The van der Waals surface area contributed by atoms with Gasteiger partial charge in [0.05, 0.1) is 0 Å². The minimum Gasteiger partial charge on any atom is -0.299 e. The molecule has 1 aliphatic carbocycles. The molecule has 0 amide bonds. The molecule has 17 heavy (non-hydrogen) atoms.